The molecule has 1 saturated heterocycles. The van der Waals surface area contributed by atoms with E-state index in [-0.39, 0.29) is 5.60 Å². The highest BCUT2D eigenvalue weighted by molar-refractivity contribution is 6.17. The minimum atomic E-state index is 0.0914. The number of ether oxygens (including phenoxy) is 1. The Balaban J connectivity index is 2.06. The molecule has 0 aromatic rings. The average Bonchev–Trinajstić information content (AvgIpc) is 2.46. The highest BCUT2D eigenvalue weighted by atomic mass is 35.5. The van der Waals surface area contributed by atoms with E-state index in [9.17, 15) is 0 Å². The van der Waals surface area contributed by atoms with Crippen LogP contribution in [-0.4, -0.2) is 30.7 Å². The first-order valence-electron chi connectivity index (χ1n) is 5.98. The third-order valence-corrected chi connectivity index (χ3v) is 3.24. The summed E-state index contributed by atoms with van der Waals surface area (Å²) in [6, 6.07) is 0. The van der Waals surface area contributed by atoms with E-state index in [1.165, 1.54) is 12.8 Å². The van der Waals surface area contributed by atoms with E-state index in [0.29, 0.717) is 12.0 Å². The van der Waals surface area contributed by atoms with Crippen LogP contribution in [0.5, 0.6) is 0 Å². The number of hydrogen-bond donors (Lipinski definition) is 1. The molecule has 0 radical (unpaired) electrons. The molecule has 90 valence electrons. The monoisotopic (exact) mass is 233 g/mol. The van der Waals surface area contributed by atoms with Gasteiger partial charge in [0, 0.05) is 12.4 Å². The van der Waals surface area contributed by atoms with Crippen LogP contribution in [0.2, 0.25) is 0 Å². The van der Waals surface area contributed by atoms with Gasteiger partial charge in [0.05, 0.1) is 11.7 Å². The van der Waals surface area contributed by atoms with E-state index in [0.717, 1.165) is 25.4 Å². The summed E-state index contributed by atoms with van der Waals surface area (Å²) < 4.78 is 5.90. The maximum absolute atomic E-state index is 5.90. The van der Waals surface area contributed by atoms with Crippen LogP contribution in [0, 0.1) is 5.92 Å². The molecule has 1 heterocycles. The zero-order valence-corrected chi connectivity index (χ0v) is 10.9. The maximum atomic E-state index is 5.90. The van der Waals surface area contributed by atoms with Gasteiger partial charge >= 0.3 is 0 Å². The van der Waals surface area contributed by atoms with Gasteiger partial charge in [-0.15, -0.1) is 11.6 Å². The van der Waals surface area contributed by atoms with Gasteiger partial charge in [0.15, 0.2) is 0 Å². The Hall–Kier alpha value is 0.210. The van der Waals surface area contributed by atoms with E-state index >= 15 is 0 Å². The van der Waals surface area contributed by atoms with E-state index in [2.05, 4.69) is 26.1 Å². The molecular formula is C12H24ClNO. The Morgan fingerprint density at radius 1 is 1.53 bits per heavy atom. The van der Waals surface area contributed by atoms with Gasteiger partial charge in [0.25, 0.3) is 0 Å². The molecule has 3 heteroatoms. The zero-order valence-electron chi connectivity index (χ0n) is 10.2. The Morgan fingerprint density at radius 3 is 2.80 bits per heavy atom. The van der Waals surface area contributed by atoms with Crippen LogP contribution in [-0.2, 0) is 4.74 Å². The van der Waals surface area contributed by atoms with Gasteiger partial charge in [-0.05, 0) is 45.6 Å². The average molecular weight is 234 g/mol. The van der Waals surface area contributed by atoms with Crippen molar-refractivity contribution < 1.29 is 4.74 Å². The minimum Gasteiger partial charge on any atom is -0.371 e. The standard InChI is InChI=1S/C12H24ClNO/c1-10(5-7-13)8-14-9-11-4-6-12(2,3)15-11/h10-11,14H,4-9H2,1-3H3. The molecule has 2 nitrogen and oxygen atoms in total. The number of nitrogens with one attached hydrogen (secondary N) is 1. The summed E-state index contributed by atoms with van der Waals surface area (Å²) in [5.41, 5.74) is 0.0914. The second-order valence-corrected chi connectivity index (χ2v) is 5.66. The lowest BCUT2D eigenvalue weighted by Gasteiger charge is -2.20. The van der Waals surface area contributed by atoms with Crippen LogP contribution in [0.4, 0.5) is 0 Å². The van der Waals surface area contributed by atoms with Gasteiger partial charge in [-0.1, -0.05) is 6.92 Å². The Kier molecular flexibility index (Phi) is 5.37. The number of halogens is 1. The summed E-state index contributed by atoms with van der Waals surface area (Å²) in [5.74, 6) is 1.42. The zero-order chi connectivity index (χ0) is 11.3. The molecule has 2 atom stereocenters. The van der Waals surface area contributed by atoms with Crippen molar-refractivity contribution in [2.75, 3.05) is 19.0 Å². The van der Waals surface area contributed by atoms with Crippen LogP contribution >= 0.6 is 11.6 Å². The first-order valence-corrected chi connectivity index (χ1v) is 6.51. The second-order valence-electron chi connectivity index (χ2n) is 5.28. The summed E-state index contributed by atoms with van der Waals surface area (Å²) in [6.45, 7) is 8.60. The summed E-state index contributed by atoms with van der Waals surface area (Å²) in [6.07, 6.45) is 3.86. The minimum absolute atomic E-state index is 0.0914. The molecule has 0 bridgehead atoms. The fourth-order valence-electron chi connectivity index (χ4n) is 2.00. The van der Waals surface area contributed by atoms with E-state index in [1.54, 1.807) is 0 Å². The highest BCUT2D eigenvalue weighted by Gasteiger charge is 2.31. The smallest absolute Gasteiger partial charge is 0.0707 e. The molecule has 1 fully saturated rings. The van der Waals surface area contributed by atoms with Gasteiger partial charge in [0.2, 0.25) is 0 Å². The third kappa shape index (κ3) is 5.19. The predicted molar refractivity (Wildman–Crippen MR) is 65.6 cm³/mol. The van der Waals surface area contributed by atoms with Crippen LogP contribution in [0.3, 0.4) is 0 Å². The van der Waals surface area contributed by atoms with E-state index in [4.69, 9.17) is 16.3 Å². The Labute approximate surface area is 98.7 Å². The van der Waals surface area contributed by atoms with Gasteiger partial charge in [-0.2, -0.15) is 0 Å². The second kappa shape index (κ2) is 6.07. The van der Waals surface area contributed by atoms with Gasteiger partial charge in [0.1, 0.15) is 0 Å². The van der Waals surface area contributed by atoms with E-state index < -0.39 is 0 Å². The lowest BCUT2D eigenvalue weighted by molar-refractivity contribution is -0.0143. The molecule has 0 aromatic carbocycles. The molecular weight excluding hydrogens is 210 g/mol. The maximum Gasteiger partial charge on any atom is 0.0707 e. The van der Waals surface area contributed by atoms with Gasteiger partial charge in [-0.25, -0.2) is 0 Å². The SMILES string of the molecule is CC(CCCl)CNCC1CCC(C)(C)O1. The summed E-state index contributed by atoms with van der Waals surface area (Å²) in [7, 11) is 0. The molecule has 1 rings (SSSR count). The van der Waals surface area contributed by atoms with Crippen molar-refractivity contribution in [3.05, 3.63) is 0 Å². The van der Waals surface area contributed by atoms with Crippen LogP contribution in [0.15, 0.2) is 0 Å². The highest BCUT2D eigenvalue weighted by Crippen LogP contribution is 2.28. The first kappa shape index (κ1) is 13.3. The Morgan fingerprint density at radius 2 is 2.27 bits per heavy atom. The summed E-state index contributed by atoms with van der Waals surface area (Å²) >= 11 is 5.69. The van der Waals surface area contributed by atoms with Crippen molar-refractivity contribution in [3.8, 4) is 0 Å². The summed E-state index contributed by atoms with van der Waals surface area (Å²) in [4.78, 5) is 0. The van der Waals surface area contributed by atoms with Crippen LogP contribution < -0.4 is 5.32 Å². The fourth-order valence-corrected chi connectivity index (χ4v) is 2.37. The van der Waals surface area contributed by atoms with Crippen LogP contribution in [0.25, 0.3) is 0 Å². The molecule has 2 unspecified atom stereocenters. The summed E-state index contributed by atoms with van der Waals surface area (Å²) in [5, 5.41) is 3.47. The Bertz CT molecular complexity index is 184. The molecule has 1 aliphatic heterocycles. The normalized spacial score (nSPS) is 26.8. The molecule has 1 N–H and O–H groups in total. The third-order valence-electron chi connectivity index (χ3n) is 3.02. The number of alkyl halides is 1. The van der Waals surface area contributed by atoms with Gasteiger partial charge in [-0.3, -0.25) is 0 Å². The topological polar surface area (TPSA) is 21.3 Å². The van der Waals surface area contributed by atoms with Crippen molar-refractivity contribution in [2.45, 2.75) is 51.7 Å². The lowest BCUT2D eigenvalue weighted by atomic mass is 10.1. The molecule has 15 heavy (non-hydrogen) atoms. The fraction of sp³-hybridized carbons (Fsp3) is 1.00. The molecule has 1 aliphatic rings. The van der Waals surface area contributed by atoms with E-state index in [1.807, 2.05) is 0 Å². The van der Waals surface area contributed by atoms with Gasteiger partial charge < -0.3 is 10.1 Å². The van der Waals surface area contributed by atoms with Crippen molar-refractivity contribution >= 4 is 11.6 Å². The van der Waals surface area contributed by atoms with Crippen molar-refractivity contribution in [1.82, 2.24) is 5.32 Å². The quantitative estimate of drug-likeness (QED) is 0.713. The van der Waals surface area contributed by atoms with Crippen molar-refractivity contribution in [1.29, 1.82) is 0 Å². The number of hydrogen-bond acceptors (Lipinski definition) is 2. The predicted octanol–water partition coefficient (Wildman–Crippen LogP) is 2.80. The molecule has 0 amide bonds. The molecule has 0 saturated carbocycles. The van der Waals surface area contributed by atoms with Crippen molar-refractivity contribution in [3.63, 3.8) is 0 Å². The lowest BCUT2D eigenvalue weighted by Crippen LogP contribution is -2.32. The number of rotatable bonds is 6. The van der Waals surface area contributed by atoms with Crippen molar-refractivity contribution in [2.24, 2.45) is 5.92 Å². The van der Waals surface area contributed by atoms with Crippen LogP contribution in [0.1, 0.15) is 40.0 Å². The first-order chi connectivity index (χ1) is 7.03. The molecule has 0 aliphatic carbocycles. The molecule has 0 aromatic heterocycles. The molecule has 0 spiro atoms. The largest absolute Gasteiger partial charge is 0.371 e.